The fraction of sp³-hybridized carbons (Fsp3) is 0.562. The van der Waals surface area contributed by atoms with Gasteiger partial charge in [0.25, 0.3) is 0 Å². The summed E-state index contributed by atoms with van der Waals surface area (Å²) in [5.74, 6) is 0.867. The van der Waals surface area contributed by atoms with Crippen molar-refractivity contribution in [2.24, 2.45) is 11.7 Å². The second-order valence-corrected chi connectivity index (χ2v) is 5.56. The molecule has 0 radical (unpaired) electrons. The van der Waals surface area contributed by atoms with Gasteiger partial charge in [-0.15, -0.1) is 0 Å². The molecule has 0 bridgehead atoms. The molecule has 4 nitrogen and oxygen atoms in total. The summed E-state index contributed by atoms with van der Waals surface area (Å²) in [5.41, 5.74) is 7.13. The molecule has 110 valence electrons. The van der Waals surface area contributed by atoms with Crippen molar-refractivity contribution in [3.05, 3.63) is 29.8 Å². The number of carbonyl (C=O) groups excluding carboxylic acids is 1. The van der Waals surface area contributed by atoms with Crippen molar-refractivity contribution < 1.29 is 9.53 Å². The highest BCUT2D eigenvalue weighted by molar-refractivity contribution is 5.79. The average molecular weight is 276 g/mol. The number of benzene rings is 1. The van der Waals surface area contributed by atoms with Crippen LogP contribution in [0.15, 0.2) is 24.3 Å². The van der Waals surface area contributed by atoms with E-state index < -0.39 is 0 Å². The summed E-state index contributed by atoms with van der Waals surface area (Å²) >= 11 is 0. The van der Waals surface area contributed by atoms with Crippen LogP contribution in [0.25, 0.3) is 0 Å². The van der Waals surface area contributed by atoms with Crippen LogP contribution in [0.2, 0.25) is 0 Å². The van der Waals surface area contributed by atoms with Gasteiger partial charge in [0.1, 0.15) is 5.75 Å². The number of carbonyl (C=O) groups is 1. The van der Waals surface area contributed by atoms with Crippen molar-refractivity contribution in [3.63, 3.8) is 0 Å². The van der Waals surface area contributed by atoms with Crippen LogP contribution in [0.3, 0.4) is 0 Å². The molecule has 20 heavy (non-hydrogen) atoms. The molecule has 4 heteroatoms. The van der Waals surface area contributed by atoms with E-state index in [0.717, 1.165) is 37.0 Å². The molecule has 1 aliphatic carbocycles. The Morgan fingerprint density at radius 2 is 1.95 bits per heavy atom. The van der Waals surface area contributed by atoms with Crippen molar-refractivity contribution in [1.82, 2.24) is 5.32 Å². The average Bonchev–Trinajstić information content (AvgIpc) is 2.47. The molecule has 1 aromatic carbocycles. The molecule has 0 aromatic heterocycles. The zero-order valence-corrected chi connectivity index (χ0v) is 12.3. The highest BCUT2D eigenvalue weighted by atomic mass is 16.5. The molecule has 1 aliphatic rings. The SMILES string of the molecule is COc1ccc([C@@H](C)NC(=O)C2CCCCC2N)cc1. The van der Waals surface area contributed by atoms with Gasteiger partial charge in [0.15, 0.2) is 0 Å². The minimum Gasteiger partial charge on any atom is -0.497 e. The lowest BCUT2D eigenvalue weighted by atomic mass is 9.84. The molecule has 2 unspecified atom stereocenters. The molecular formula is C16H24N2O2. The van der Waals surface area contributed by atoms with E-state index in [1.807, 2.05) is 31.2 Å². The lowest BCUT2D eigenvalue weighted by molar-refractivity contribution is -0.127. The fourth-order valence-corrected chi connectivity index (χ4v) is 2.78. The van der Waals surface area contributed by atoms with Crippen LogP contribution in [0.1, 0.15) is 44.2 Å². The second-order valence-electron chi connectivity index (χ2n) is 5.56. The first-order chi connectivity index (χ1) is 9.61. The van der Waals surface area contributed by atoms with Gasteiger partial charge in [-0.25, -0.2) is 0 Å². The number of ether oxygens (including phenoxy) is 1. The van der Waals surface area contributed by atoms with Gasteiger partial charge in [-0.2, -0.15) is 0 Å². The van der Waals surface area contributed by atoms with Gasteiger partial charge in [0, 0.05) is 6.04 Å². The predicted molar refractivity (Wildman–Crippen MR) is 79.5 cm³/mol. The first-order valence-corrected chi connectivity index (χ1v) is 7.31. The maximum atomic E-state index is 12.3. The Hall–Kier alpha value is -1.55. The van der Waals surface area contributed by atoms with Gasteiger partial charge < -0.3 is 15.8 Å². The highest BCUT2D eigenvalue weighted by Gasteiger charge is 2.28. The number of rotatable bonds is 4. The Balaban J connectivity index is 1.95. The number of amides is 1. The third-order valence-electron chi connectivity index (χ3n) is 4.13. The first kappa shape index (κ1) is 14.9. The summed E-state index contributed by atoms with van der Waals surface area (Å²) in [6.07, 6.45) is 4.10. The summed E-state index contributed by atoms with van der Waals surface area (Å²) in [6.45, 7) is 1.99. The largest absolute Gasteiger partial charge is 0.497 e. The first-order valence-electron chi connectivity index (χ1n) is 7.31. The molecule has 3 atom stereocenters. The molecule has 0 spiro atoms. The summed E-state index contributed by atoms with van der Waals surface area (Å²) in [7, 11) is 1.64. The van der Waals surface area contributed by atoms with Gasteiger partial charge in [-0.1, -0.05) is 25.0 Å². The van der Waals surface area contributed by atoms with Crippen molar-refractivity contribution in [1.29, 1.82) is 0 Å². The third-order valence-corrected chi connectivity index (χ3v) is 4.13. The Labute approximate surface area is 120 Å². The standard InChI is InChI=1S/C16H24N2O2/c1-11(12-7-9-13(20-2)10-8-12)18-16(19)14-5-3-4-6-15(14)17/h7-11,14-15H,3-6,17H2,1-2H3,(H,18,19)/t11-,14?,15?/m1/s1. The zero-order chi connectivity index (χ0) is 14.5. The monoisotopic (exact) mass is 276 g/mol. The van der Waals surface area contributed by atoms with Crippen molar-refractivity contribution in [2.75, 3.05) is 7.11 Å². The van der Waals surface area contributed by atoms with Crippen LogP contribution >= 0.6 is 0 Å². The van der Waals surface area contributed by atoms with E-state index in [-0.39, 0.29) is 23.9 Å². The molecule has 0 heterocycles. The summed E-state index contributed by atoms with van der Waals surface area (Å²) in [5, 5.41) is 3.07. The van der Waals surface area contributed by atoms with E-state index in [9.17, 15) is 4.79 Å². The number of nitrogens with one attached hydrogen (secondary N) is 1. The molecule has 1 aromatic rings. The van der Waals surface area contributed by atoms with Crippen molar-refractivity contribution in [2.45, 2.75) is 44.7 Å². The van der Waals surface area contributed by atoms with E-state index in [1.165, 1.54) is 0 Å². The maximum Gasteiger partial charge on any atom is 0.225 e. The summed E-state index contributed by atoms with van der Waals surface area (Å²) in [4.78, 5) is 12.3. The van der Waals surface area contributed by atoms with Crippen molar-refractivity contribution >= 4 is 5.91 Å². The maximum absolute atomic E-state index is 12.3. The normalized spacial score (nSPS) is 23.9. The van der Waals surface area contributed by atoms with Crippen LogP contribution in [-0.2, 0) is 4.79 Å². The third kappa shape index (κ3) is 3.51. The predicted octanol–water partition coefficient (Wildman–Crippen LogP) is 2.39. The molecule has 1 amide bonds. The fourth-order valence-electron chi connectivity index (χ4n) is 2.78. The lowest BCUT2D eigenvalue weighted by Crippen LogP contribution is -2.44. The second kappa shape index (κ2) is 6.75. The molecule has 0 saturated heterocycles. The number of nitrogens with two attached hydrogens (primary N) is 1. The smallest absolute Gasteiger partial charge is 0.225 e. The summed E-state index contributed by atoms with van der Waals surface area (Å²) < 4.78 is 5.14. The minimum absolute atomic E-state index is 0.00631. The molecule has 1 saturated carbocycles. The Kier molecular flexibility index (Phi) is 5.01. The number of methoxy groups -OCH3 is 1. The minimum atomic E-state index is -0.0375. The van der Waals surface area contributed by atoms with Crippen LogP contribution in [-0.4, -0.2) is 19.1 Å². The van der Waals surface area contributed by atoms with Gasteiger partial charge in [0.05, 0.1) is 19.1 Å². The topological polar surface area (TPSA) is 64.3 Å². The lowest BCUT2D eigenvalue weighted by Gasteiger charge is -2.28. The number of hydrogen-bond donors (Lipinski definition) is 2. The van der Waals surface area contributed by atoms with Gasteiger partial charge in [0.2, 0.25) is 5.91 Å². The number of hydrogen-bond acceptors (Lipinski definition) is 3. The molecule has 0 aliphatic heterocycles. The van der Waals surface area contributed by atoms with E-state index in [4.69, 9.17) is 10.5 Å². The van der Waals surface area contributed by atoms with E-state index >= 15 is 0 Å². The molecular weight excluding hydrogens is 252 g/mol. The van der Waals surface area contributed by atoms with Gasteiger partial charge >= 0.3 is 0 Å². The van der Waals surface area contributed by atoms with E-state index in [0.29, 0.717) is 0 Å². The highest BCUT2D eigenvalue weighted by Crippen LogP contribution is 2.24. The molecule has 2 rings (SSSR count). The summed E-state index contributed by atoms with van der Waals surface area (Å²) in [6, 6.07) is 7.76. The molecule has 1 fully saturated rings. The van der Waals surface area contributed by atoms with Gasteiger partial charge in [-0.05, 0) is 37.5 Å². The molecule has 3 N–H and O–H groups in total. The Morgan fingerprint density at radius 3 is 2.55 bits per heavy atom. The Morgan fingerprint density at radius 1 is 1.30 bits per heavy atom. The van der Waals surface area contributed by atoms with Crippen LogP contribution in [0, 0.1) is 5.92 Å². The van der Waals surface area contributed by atoms with E-state index in [1.54, 1.807) is 7.11 Å². The Bertz CT molecular complexity index is 444. The van der Waals surface area contributed by atoms with Gasteiger partial charge in [-0.3, -0.25) is 4.79 Å². The van der Waals surface area contributed by atoms with Crippen LogP contribution in [0.5, 0.6) is 5.75 Å². The van der Waals surface area contributed by atoms with Crippen LogP contribution in [0.4, 0.5) is 0 Å². The van der Waals surface area contributed by atoms with E-state index in [2.05, 4.69) is 5.32 Å². The zero-order valence-electron chi connectivity index (χ0n) is 12.3. The van der Waals surface area contributed by atoms with Crippen LogP contribution < -0.4 is 15.8 Å². The van der Waals surface area contributed by atoms with Crippen molar-refractivity contribution in [3.8, 4) is 5.75 Å². The quantitative estimate of drug-likeness (QED) is 0.887.